The second-order valence-electron chi connectivity index (χ2n) is 6.13. The highest BCUT2D eigenvalue weighted by Crippen LogP contribution is 2.32. The summed E-state index contributed by atoms with van der Waals surface area (Å²) in [6, 6.07) is 11.0. The van der Waals surface area contributed by atoms with Crippen LogP contribution in [0.2, 0.25) is 0 Å². The van der Waals surface area contributed by atoms with Crippen LogP contribution in [0.5, 0.6) is 5.75 Å². The lowest BCUT2D eigenvalue weighted by Crippen LogP contribution is -2.37. The third-order valence-electron chi connectivity index (χ3n) is 4.38. The number of hydrogen-bond acceptors (Lipinski definition) is 4. The minimum Gasteiger partial charge on any atom is -0.496 e. The van der Waals surface area contributed by atoms with Crippen molar-refractivity contribution in [1.29, 1.82) is 0 Å². The van der Waals surface area contributed by atoms with Crippen molar-refractivity contribution >= 4 is 22.6 Å². The molecule has 3 rings (SSSR count). The first-order chi connectivity index (χ1) is 11.6. The predicted octanol–water partition coefficient (Wildman–Crippen LogP) is 2.92. The van der Waals surface area contributed by atoms with Gasteiger partial charge in [-0.25, -0.2) is 4.79 Å². The summed E-state index contributed by atoms with van der Waals surface area (Å²) in [4.78, 5) is 24.2. The molecule has 0 aliphatic heterocycles. The Bertz CT molecular complexity index is 767. The number of rotatable bonds is 6. The van der Waals surface area contributed by atoms with Crippen LogP contribution in [0.1, 0.15) is 30.1 Å². The maximum absolute atomic E-state index is 12.4. The molecule has 0 saturated heterocycles. The summed E-state index contributed by atoms with van der Waals surface area (Å²) in [5.41, 5.74) is 0.425. The first-order valence-electron chi connectivity index (χ1n) is 8.12. The zero-order valence-electron chi connectivity index (χ0n) is 13.9. The number of ether oxygens (including phenoxy) is 2. The van der Waals surface area contributed by atoms with E-state index in [0.717, 1.165) is 23.6 Å². The van der Waals surface area contributed by atoms with Crippen LogP contribution in [-0.4, -0.2) is 31.6 Å². The van der Waals surface area contributed by atoms with Gasteiger partial charge in [-0.1, -0.05) is 24.3 Å². The van der Waals surface area contributed by atoms with E-state index in [-0.39, 0.29) is 18.6 Å². The Balaban J connectivity index is 1.69. The van der Waals surface area contributed by atoms with Gasteiger partial charge >= 0.3 is 5.97 Å². The number of carbonyl (C=O) groups is 2. The van der Waals surface area contributed by atoms with E-state index in [2.05, 4.69) is 5.32 Å². The summed E-state index contributed by atoms with van der Waals surface area (Å²) < 4.78 is 10.5. The van der Waals surface area contributed by atoms with Crippen LogP contribution >= 0.6 is 0 Å². The van der Waals surface area contributed by atoms with E-state index >= 15 is 0 Å². The maximum Gasteiger partial charge on any atom is 0.339 e. The molecule has 0 aromatic heterocycles. The van der Waals surface area contributed by atoms with Crippen molar-refractivity contribution in [2.45, 2.75) is 25.8 Å². The highest BCUT2D eigenvalue weighted by molar-refractivity contribution is 6.06. The molecule has 1 amide bonds. The normalized spacial score (nSPS) is 14.9. The van der Waals surface area contributed by atoms with Gasteiger partial charge < -0.3 is 14.8 Å². The van der Waals surface area contributed by atoms with Crippen LogP contribution in [0.3, 0.4) is 0 Å². The van der Waals surface area contributed by atoms with E-state index in [4.69, 9.17) is 9.47 Å². The molecule has 1 N–H and O–H groups in total. The molecule has 0 heterocycles. The zero-order valence-corrected chi connectivity index (χ0v) is 13.9. The highest BCUT2D eigenvalue weighted by atomic mass is 16.5. The molecule has 0 radical (unpaired) electrons. The zero-order chi connectivity index (χ0) is 17.1. The summed E-state index contributed by atoms with van der Waals surface area (Å²) in [6.45, 7) is 1.71. The highest BCUT2D eigenvalue weighted by Gasteiger charge is 2.29. The molecule has 0 unspecified atom stereocenters. The van der Waals surface area contributed by atoms with Crippen molar-refractivity contribution in [3.8, 4) is 5.75 Å². The number of amides is 1. The first-order valence-corrected chi connectivity index (χ1v) is 8.12. The molecule has 1 saturated carbocycles. The molecule has 5 nitrogen and oxygen atoms in total. The van der Waals surface area contributed by atoms with Gasteiger partial charge in [-0.2, -0.15) is 0 Å². The van der Waals surface area contributed by atoms with Gasteiger partial charge in [-0.15, -0.1) is 0 Å². The number of hydrogen-bond donors (Lipinski definition) is 1. The van der Waals surface area contributed by atoms with Gasteiger partial charge in [0.1, 0.15) is 5.75 Å². The molecular formula is C19H21NO4. The van der Waals surface area contributed by atoms with Crippen molar-refractivity contribution in [2.75, 3.05) is 13.7 Å². The topological polar surface area (TPSA) is 64.6 Å². The third kappa shape index (κ3) is 3.50. The van der Waals surface area contributed by atoms with Crippen molar-refractivity contribution < 1.29 is 19.1 Å². The average Bonchev–Trinajstić information content (AvgIpc) is 3.43. The molecule has 1 fully saturated rings. The van der Waals surface area contributed by atoms with E-state index < -0.39 is 5.97 Å². The average molecular weight is 327 g/mol. The van der Waals surface area contributed by atoms with Gasteiger partial charge in [0.05, 0.1) is 12.7 Å². The third-order valence-corrected chi connectivity index (χ3v) is 4.38. The standard InChI is InChI=1S/C19H21NO4/c1-12(13-7-8-13)20-18(21)11-24-19(22)16-9-10-17(23-2)15-6-4-3-5-14(15)16/h3-6,9-10,12-13H,7-8,11H2,1-2H3,(H,20,21)/t12-/m0/s1. The number of esters is 1. The van der Waals surface area contributed by atoms with E-state index in [1.807, 2.05) is 31.2 Å². The number of fused-ring (bicyclic) bond motifs is 1. The van der Waals surface area contributed by atoms with Crippen LogP contribution in [0.25, 0.3) is 10.8 Å². The second-order valence-corrected chi connectivity index (χ2v) is 6.13. The molecule has 5 heteroatoms. The Morgan fingerprint density at radius 2 is 1.88 bits per heavy atom. The molecule has 126 valence electrons. The predicted molar refractivity (Wildman–Crippen MR) is 91.1 cm³/mol. The van der Waals surface area contributed by atoms with Crippen LogP contribution < -0.4 is 10.1 Å². The molecule has 1 aliphatic carbocycles. The molecule has 2 aromatic carbocycles. The Kier molecular flexibility index (Phi) is 4.69. The fraction of sp³-hybridized carbons (Fsp3) is 0.368. The van der Waals surface area contributed by atoms with Gasteiger partial charge in [0, 0.05) is 11.4 Å². The fourth-order valence-corrected chi connectivity index (χ4v) is 2.85. The van der Waals surface area contributed by atoms with E-state index in [0.29, 0.717) is 17.2 Å². The number of nitrogens with one attached hydrogen (secondary N) is 1. The number of carbonyl (C=O) groups excluding carboxylic acids is 2. The van der Waals surface area contributed by atoms with Gasteiger partial charge in [0.25, 0.3) is 5.91 Å². The van der Waals surface area contributed by atoms with E-state index in [1.165, 1.54) is 0 Å². The minimum atomic E-state index is -0.511. The number of methoxy groups -OCH3 is 1. The molecule has 1 atom stereocenters. The molecule has 0 bridgehead atoms. The fourth-order valence-electron chi connectivity index (χ4n) is 2.85. The Labute approximate surface area is 140 Å². The van der Waals surface area contributed by atoms with Gasteiger partial charge in [-0.05, 0) is 43.2 Å². The van der Waals surface area contributed by atoms with E-state index in [1.54, 1.807) is 19.2 Å². The van der Waals surface area contributed by atoms with Crippen molar-refractivity contribution in [1.82, 2.24) is 5.32 Å². The first kappa shape index (κ1) is 16.3. The Morgan fingerprint density at radius 3 is 2.54 bits per heavy atom. The lowest BCUT2D eigenvalue weighted by molar-refractivity contribution is -0.124. The van der Waals surface area contributed by atoms with E-state index in [9.17, 15) is 9.59 Å². The summed E-state index contributed by atoms with van der Waals surface area (Å²) in [5, 5.41) is 4.45. The summed E-state index contributed by atoms with van der Waals surface area (Å²) in [5.74, 6) is 0.483. The minimum absolute atomic E-state index is 0.137. The molecular weight excluding hydrogens is 306 g/mol. The summed E-state index contributed by atoms with van der Waals surface area (Å²) >= 11 is 0. The van der Waals surface area contributed by atoms with Crippen LogP contribution in [0.4, 0.5) is 0 Å². The Hall–Kier alpha value is -2.56. The number of benzene rings is 2. The van der Waals surface area contributed by atoms with Crippen LogP contribution in [-0.2, 0) is 9.53 Å². The summed E-state index contributed by atoms with van der Waals surface area (Å²) in [7, 11) is 1.59. The van der Waals surface area contributed by atoms with Crippen LogP contribution in [0, 0.1) is 5.92 Å². The van der Waals surface area contributed by atoms with Gasteiger partial charge in [0.2, 0.25) is 0 Å². The van der Waals surface area contributed by atoms with Gasteiger partial charge in [0.15, 0.2) is 6.61 Å². The lowest BCUT2D eigenvalue weighted by atomic mass is 10.0. The van der Waals surface area contributed by atoms with Crippen molar-refractivity contribution in [3.63, 3.8) is 0 Å². The molecule has 0 spiro atoms. The lowest BCUT2D eigenvalue weighted by Gasteiger charge is -2.13. The SMILES string of the molecule is COc1ccc(C(=O)OCC(=O)N[C@@H](C)C2CC2)c2ccccc12. The van der Waals surface area contributed by atoms with Crippen molar-refractivity contribution in [2.24, 2.45) is 5.92 Å². The maximum atomic E-state index is 12.4. The smallest absolute Gasteiger partial charge is 0.339 e. The van der Waals surface area contributed by atoms with Crippen molar-refractivity contribution in [3.05, 3.63) is 42.0 Å². The molecule has 1 aliphatic rings. The van der Waals surface area contributed by atoms with Crippen LogP contribution in [0.15, 0.2) is 36.4 Å². The monoisotopic (exact) mass is 327 g/mol. The Morgan fingerprint density at radius 1 is 1.17 bits per heavy atom. The van der Waals surface area contributed by atoms with Gasteiger partial charge in [-0.3, -0.25) is 4.79 Å². The molecule has 2 aromatic rings. The largest absolute Gasteiger partial charge is 0.496 e. The quantitative estimate of drug-likeness (QED) is 0.829. The second kappa shape index (κ2) is 6.91. The molecule has 24 heavy (non-hydrogen) atoms. The summed E-state index contributed by atoms with van der Waals surface area (Å²) in [6.07, 6.45) is 2.30.